The second-order valence-electron chi connectivity index (χ2n) is 3.86. The van der Waals surface area contributed by atoms with Crippen molar-refractivity contribution in [3.05, 3.63) is 36.4 Å². The number of unbranched alkanes of at least 4 members (excludes halogenated alkanes) is 1. The molecular weight excluding hydrogens is 216 g/mol. The van der Waals surface area contributed by atoms with Crippen LogP contribution in [-0.4, -0.2) is 18.8 Å². The van der Waals surface area contributed by atoms with E-state index >= 15 is 0 Å². The first-order valence-corrected chi connectivity index (χ1v) is 5.78. The summed E-state index contributed by atoms with van der Waals surface area (Å²) in [4.78, 5) is 0. The van der Waals surface area contributed by atoms with Gasteiger partial charge in [0.1, 0.15) is 11.5 Å². The van der Waals surface area contributed by atoms with Crippen molar-refractivity contribution in [3.63, 3.8) is 0 Å². The van der Waals surface area contributed by atoms with Gasteiger partial charge in [0.25, 0.3) is 0 Å². The van der Waals surface area contributed by atoms with Gasteiger partial charge in [-0.3, -0.25) is 0 Å². The van der Waals surface area contributed by atoms with Crippen LogP contribution in [0.1, 0.15) is 31.4 Å². The van der Waals surface area contributed by atoms with E-state index in [1.807, 2.05) is 18.2 Å². The zero-order valence-corrected chi connectivity index (χ0v) is 10.5. The van der Waals surface area contributed by atoms with E-state index in [4.69, 9.17) is 9.47 Å². The summed E-state index contributed by atoms with van der Waals surface area (Å²) in [5.41, 5.74) is 0.782. The van der Waals surface area contributed by atoms with Crippen molar-refractivity contribution in [1.29, 1.82) is 0 Å². The van der Waals surface area contributed by atoms with Crippen LogP contribution in [0.5, 0.6) is 11.5 Å². The largest absolute Gasteiger partial charge is 0.497 e. The third-order valence-electron chi connectivity index (χ3n) is 2.48. The Bertz CT molecular complexity index is 358. The van der Waals surface area contributed by atoms with Crippen LogP contribution in [0.4, 0.5) is 0 Å². The molecule has 1 atom stereocenters. The van der Waals surface area contributed by atoms with Crippen LogP contribution >= 0.6 is 0 Å². The lowest BCUT2D eigenvalue weighted by molar-refractivity contribution is 0.190. The van der Waals surface area contributed by atoms with Gasteiger partial charge in [-0.05, 0) is 31.9 Å². The molecule has 0 aliphatic heterocycles. The molecular formula is C14H20O3. The molecule has 0 bridgehead atoms. The molecule has 1 N–H and O–H groups in total. The van der Waals surface area contributed by atoms with Crippen LogP contribution in [0.15, 0.2) is 30.9 Å². The maximum absolute atomic E-state index is 9.63. The van der Waals surface area contributed by atoms with Crippen molar-refractivity contribution in [2.75, 3.05) is 13.7 Å². The van der Waals surface area contributed by atoms with Gasteiger partial charge in [-0.15, -0.1) is 6.58 Å². The van der Waals surface area contributed by atoms with Crippen LogP contribution < -0.4 is 9.47 Å². The number of rotatable bonds is 7. The van der Waals surface area contributed by atoms with Crippen molar-refractivity contribution in [2.45, 2.75) is 25.9 Å². The number of methoxy groups -OCH3 is 1. The summed E-state index contributed by atoms with van der Waals surface area (Å²) in [6.07, 6.45) is 3.16. The zero-order valence-electron chi connectivity index (χ0n) is 10.5. The quantitative estimate of drug-likeness (QED) is 0.584. The van der Waals surface area contributed by atoms with E-state index in [0.717, 1.165) is 24.2 Å². The highest BCUT2D eigenvalue weighted by Gasteiger charge is 2.10. The number of aliphatic hydroxyl groups excluding tert-OH is 1. The predicted octanol–water partition coefficient (Wildman–Crippen LogP) is 3.09. The number of hydrogen-bond donors (Lipinski definition) is 1. The summed E-state index contributed by atoms with van der Waals surface area (Å²) < 4.78 is 10.8. The molecule has 1 aromatic rings. The molecule has 0 aromatic heterocycles. The van der Waals surface area contributed by atoms with Gasteiger partial charge >= 0.3 is 0 Å². The molecule has 1 unspecified atom stereocenters. The topological polar surface area (TPSA) is 38.7 Å². The monoisotopic (exact) mass is 236 g/mol. The Hall–Kier alpha value is -1.48. The average molecular weight is 236 g/mol. The number of allylic oxidation sites excluding steroid dienone is 1. The second-order valence-corrected chi connectivity index (χ2v) is 3.86. The molecule has 0 radical (unpaired) electrons. The predicted molar refractivity (Wildman–Crippen MR) is 68.6 cm³/mol. The smallest absolute Gasteiger partial charge is 0.128 e. The first kappa shape index (κ1) is 13.6. The molecule has 1 aromatic carbocycles. The van der Waals surface area contributed by atoms with E-state index in [9.17, 15) is 5.11 Å². The SMILES string of the molecule is C=CCCCOc1cc(OC)ccc1C(C)O. The van der Waals surface area contributed by atoms with E-state index < -0.39 is 6.10 Å². The Balaban J connectivity index is 2.74. The van der Waals surface area contributed by atoms with Crippen molar-refractivity contribution < 1.29 is 14.6 Å². The highest BCUT2D eigenvalue weighted by Crippen LogP contribution is 2.29. The van der Waals surface area contributed by atoms with Gasteiger partial charge < -0.3 is 14.6 Å². The summed E-state index contributed by atoms with van der Waals surface area (Å²) in [5, 5.41) is 9.63. The highest BCUT2D eigenvalue weighted by molar-refractivity contribution is 5.41. The summed E-state index contributed by atoms with van der Waals surface area (Å²) >= 11 is 0. The van der Waals surface area contributed by atoms with Crippen molar-refractivity contribution in [1.82, 2.24) is 0 Å². The lowest BCUT2D eigenvalue weighted by Crippen LogP contribution is -2.02. The third kappa shape index (κ3) is 4.11. The number of ether oxygens (including phenoxy) is 2. The van der Waals surface area contributed by atoms with Crippen molar-refractivity contribution in [3.8, 4) is 11.5 Å². The number of benzene rings is 1. The highest BCUT2D eigenvalue weighted by atomic mass is 16.5. The fraction of sp³-hybridized carbons (Fsp3) is 0.429. The molecule has 0 aliphatic rings. The Morgan fingerprint density at radius 2 is 2.24 bits per heavy atom. The maximum Gasteiger partial charge on any atom is 0.128 e. The minimum absolute atomic E-state index is 0.546. The summed E-state index contributed by atoms with van der Waals surface area (Å²) in [7, 11) is 1.61. The molecule has 0 saturated heterocycles. The van der Waals surface area contributed by atoms with E-state index in [0.29, 0.717) is 12.4 Å². The second kappa shape index (κ2) is 6.97. The molecule has 0 heterocycles. The van der Waals surface area contributed by atoms with Gasteiger partial charge in [-0.25, -0.2) is 0 Å². The molecule has 1 rings (SSSR count). The summed E-state index contributed by atoms with van der Waals surface area (Å²) in [6, 6.07) is 5.45. The molecule has 17 heavy (non-hydrogen) atoms. The van der Waals surface area contributed by atoms with Gasteiger partial charge in [0.15, 0.2) is 0 Å². The molecule has 0 spiro atoms. The Morgan fingerprint density at radius 3 is 2.82 bits per heavy atom. The average Bonchev–Trinajstić information content (AvgIpc) is 2.34. The number of aliphatic hydroxyl groups is 1. The van der Waals surface area contributed by atoms with Gasteiger partial charge in [-0.2, -0.15) is 0 Å². The number of hydrogen-bond acceptors (Lipinski definition) is 3. The Kier molecular flexibility index (Phi) is 5.57. The molecule has 3 heteroatoms. The fourth-order valence-electron chi connectivity index (χ4n) is 1.52. The van der Waals surface area contributed by atoms with E-state index in [2.05, 4.69) is 6.58 Å². The lowest BCUT2D eigenvalue weighted by Gasteiger charge is -2.14. The van der Waals surface area contributed by atoms with Gasteiger partial charge in [0, 0.05) is 11.6 Å². The molecule has 0 saturated carbocycles. The fourth-order valence-corrected chi connectivity index (χ4v) is 1.52. The summed E-state index contributed by atoms with van der Waals surface area (Å²) in [5.74, 6) is 1.41. The Labute approximate surface area is 103 Å². The summed E-state index contributed by atoms with van der Waals surface area (Å²) in [6.45, 7) is 5.99. The minimum Gasteiger partial charge on any atom is -0.497 e. The molecule has 94 valence electrons. The van der Waals surface area contributed by atoms with Crippen molar-refractivity contribution in [2.24, 2.45) is 0 Å². The van der Waals surface area contributed by atoms with E-state index in [1.54, 1.807) is 20.1 Å². The zero-order chi connectivity index (χ0) is 12.7. The first-order valence-electron chi connectivity index (χ1n) is 5.78. The van der Waals surface area contributed by atoms with Gasteiger partial charge in [0.2, 0.25) is 0 Å². The maximum atomic E-state index is 9.63. The van der Waals surface area contributed by atoms with Crippen LogP contribution in [0.3, 0.4) is 0 Å². The van der Waals surface area contributed by atoms with Crippen LogP contribution in [0, 0.1) is 0 Å². The van der Waals surface area contributed by atoms with Gasteiger partial charge in [0.05, 0.1) is 19.8 Å². The van der Waals surface area contributed by atoms with E-state index in [-0.39, 0.29) is 0 Å². The standard InChI is InChI=1S/C14H20O3/c1-4-5-6-9-17-14-10-12(16-3)7-8-13(14)11(2)15/h4,7-8,10-11,15H,1,5-6,9H2,2-3H3. The Morgan fingerprint density at radius 1 is 1.47 bits per heavy atom. The molecule has 0 fully saturated rings. The van der Waals surface area contributed by atoms with Crippen LogP contribution in [0.25, 0.3) is 0 Å². The molecule has 0 amide bonds. The van der Waals surface area contributed by atoms with Crippen LogP contribution in [-0.2, 0) is 0 Å². The molecule has 0 aliphatic carbocycles. The van der Waals surface area contributed by atoms with E-state index in [1.165, 1.54) is 0 Å². The van der Waals surface area contributed by atoms with Crippen LogP contribution in [0.2, 0.25) is 0 Å². The van der Waals surface area contributed by atoms with Gasteiger partial charge in [-0.1, -0.05) is 6.08 Å². The van der Waals surface area contributed by atoms with Crippen molar-refractivity contribution >= 4 is 0 Å². The third-order valence-corrected chi connectivity index (χ3v) is 2.48. The normalized spacial score (nSPS) is 11.9. The first-order chi connectivity index (χ1) is 8.19. The molecule has 3 nitrogen and oxygen atoms in total. The minimum atomic E-state index is -0.546. The lowest BCUT2D eigenvalue weighted by atomic mass is 10.1.